The van der Waals surface area contributed by atoms with Gasteiger partial charge in [-0.3, -0.25) is 0 Å². The Balaban J connectivity index is 0.000000770. The summed E-state index contributed by atoms with van der Waals surface area (Å²) in [4.78, 5) is 10.4. The van der Waals surface area contributed by atoms with Crippen molar-refractivity contribution in [1.29, 1.82) is 0 Å². The highest BCUT2D eigenvalue weighted by molar-refractivity contribution is 5.86. The second-order valence-corrected chi connectivity index (χ2v) is 3.17. The van der Waals surface area contributed by atoms with Gasteiger partial charge in [0.15, 0.2) is 0 Å². The average Bonchev–Trinajstić information content (AvgIpc) is 2.31. The number of rotatable bonds is 3. The summed E-state index contributed by atoms with van der Waals surface area (Å²) >= 11 is 0. The summed E-state index contributed by atoms with van der Waals surface area (Å²) in [6.45, 7) is 7.82. The second kappa shape index (κ2) is 8.96. The van der Waals surface area contributed by atoms with E-state index < -0.39 is 5.97 Å². The lowest BCUT2D eigenvalue weighted by molar-refractivity contribution is -0.132. The predicted octanol–water partition coefficient (Wildman–Crippen LogP) is 3.69. The van der Waals surface area contributed by atoms with E-state index in [4.69, 9.17) is 5.11 Å². The maximum absolute atomic E-state index is 10.4. The summed E-state index contributed by atoms with van der Waals surface area (Å²) < 4.78 is 0. The molecule has 0 saturated heterocycles. The second-order valence-electron chi connectivity index (χ2n) is 3.17. The van der Waals surface area contributed by atoms with Gasteiger partial charge >= 0.3 is 5.97 Å². The molecule has 17 heavy (non-hydrogen) atoms. The van der Waals surface area contributed by atoms with Crippen molar-refractivity contribution in [2.24, 2.45) is 0 Å². The van der Waals surface area contributed by atoms with Crippen molar-refractivity contribution in [3.8, 4) is 0 Å². The summed E-state index contributed by atoms with van der Waals surface area (Å²) in [6, 6.07) is 9.73. The van der Waals surface area contributed by atoms with Gasteiger partial charge in [0.25, 0.3) is 0 Å². The van der Waals surface area contributed by atoms with Crippen LogP contribution in [0.2, 0.25) is 0 Å². The number of benzene rings is 1. The van der Waals surface area contributed by atoms with Crippen molar-refractivity contribution in [3.63, 3.8) is 0 Å². The van der Waals surface area contributed by atoms with E-state index in [1.54, 1.807) is 19.1 Å². The third-order valence-corrected chi connectivity index (χ3v) is 1.77. The van der Waals surface area contributed by atoms with E-state index in [1.807, 2.05) is 36.4 Å². The van der Waals surface area contributed by atoms with Gasteiger partial charge in [-0.1, -0.05) is 61.7 Å². The molecule has 0 fully saturated rings. The number of carboxylic acid groups (broad SMARTS) is 1. The molecule has 1 N–H and O–H groups in total. The van der Waals surface area contributed by atoms with Gasteiger partial charge in [-0.15, -0.1) is 5.73 Å². The van der Waals surface area contributed by atoms with Gasteiger partial charge in [0.2, 0.25) is 0 Å². The van der Waals surface area contributed by atoms with Crippen molar-refractivity contribution in [2.75, 3.05) is 0 Å². The standard InChI is InChI=1S/C12H12O2.C3H4/c1-10(12(13)14)6-5-9-11-7-3-2-4-8-11;1-3-2/h2-9H,1H3,(H,13,14);1-2H2. The van der Waals surface area contributed by atoms with E-state index in [0.717, 1.165) is 5.56 Å². The number of hydrogen-bond acceptors (Lipinski definition) is 1. The van der Waals surface area contributed by atoms with Gasteiger partial charge in [0.05, 0.1) is 0 Å². The molecule has 1 aromatic rings. The van der Waals surface area contributed by atoms with E-state index in [9.17, 15) is 4.79 Å². The molecule has 0 spiro atoms. The molecule has 0 amide bonds. The molecule has 1 rings (SSSR count). The maximum Gasteiger partial charge on any atom is 0.331 e. The Kier molecular flexibility index (Phi) is 7.74. The zero-order valence-electron chi connectivity index (χ0n) is 9.89. The Morgan fingerprint density at radius 2 is 1.82 bits per heavy atom. The molecule has 0 aromatic heterocycles. The smallest absolute Gasteiger partial charge is 0.331 e. The van der Waals surface area contributed by atoms with Crippen molar-refractivity contribution in [1.82, 2.24) is 0 Å². The Labute approximate surface area is 102 Å². The first-order chi connectivity index (χ1) is 8.11. The summed E-state index contributed by atoms with van der Waals surface area (Å²) in [7, 11) is 0. The molecule has 0 radical (unpaired) electrons. The molecule has 0 atom stereocenters. The molecular weight excluding hydrogens is 212 g/mol. The van der Waals surface area contributed by atoms with E-state index in [0.29, 0.717) is 5.57 Å². The van der Waals surface area contributed by atoms with Crippen molar-refractivity contribution in [3.05, 3.63) is 72.5 Å². The lowest BCUT2D eigenvalue weighted by Gasteiger charge is -1.90. The van der Waals surface area contributed by atoms with Gasteiger partial charge < -0.3 is 5.11 Å². The number of carbonyl (C=O) groups is 1. The maximum atomic E-state index is 10.4. The van der Waals surface area contributed by atoms with Gasteiger partial charge in [-0.25, -0.2) is 4.79 Å². The fourth-order valence-corrected chi connectivity index (χ4v) is 0.939. The van der Waals surface area contributed by atoms with Gasteiger partial charge in [0.1, 0.15) is 0 Å². The van der Waals surface area contributed by atoms with Gasteiger partial charge in [-0.05, 0) is 12.5 Å². The number of allylic oxidation sites excluding steroid dienone is 2. The van der Waals surface area contributed by atoms with Gasteiger partial charge in [0, 0.05) is 5.57 Å². The topological polar surface area (TPSA) is 37.3 Å². The number of carboxylic acids is 1. The zero-order valence-corrected chi connectivity index (χ0v) is 9.89. The van der Waals surface area contributed by atoms with Crippen LogP contribution in [0.1, 0.15) is 12.5 Å². The van der Waals surface area contributed by atoms with E-state index >= 15 is 0 Å². The van der Waals surface area contributed by atoms with Crippen molar-refractivity contribution in [2.45, 2.75) is 6.92 Å². The highest BCUT2D eigenvalue weighted by Crippen LogP contribution is 2.02. The first-order valence-corrected chi connectivity index (χ1v) is 5.04. The zero-order chi connectivity index (χ0) is 13.1. The van der Waals surface area contributed by atoms with Crippen LogP contribution in [0.25, 0.3) is 6.08 Å². The molecule has 2 nitrogen and oxygen atoms in total. The number of aliphatic carboxylic acids is 1. The lowest BCUT2D eigenvalue weighted by atomic mass is 10.2. The molecule has 0 bridgehead atoms. The molecule has 0 aliphatic rings. The van der Waals surface area contributed by atoms with Crippen molar-refractivity contribution < 1.29 is 9.90 Å². The van der Waals surface area contributed by atoms with Crippen LogP contribution in [0.3, 0.4) is 0 Å². The van der Waals surface area contributed by atoms with Crippen LogP contribution < -0.4 is 0 Å². The average molecular weight is 228 g/mol. The molecule has 0 aliphatic heterocycles. The highest BCUT2D eigenvalue weighted by atomic mass is 16.4. The Morgan fingerprint density at radius 1 is 1.29 bits per heavy atom. The minimum Gasteiger partial charge on any atom is -0.478 e. The predicted molar refractivity (Wildman–Crippen MR) is 71.6 cm³/mol. The normalized spacial score (nSPS) is 10.3. The molecule has 0 unspecified atom stereocenters. The first-order valence-electron chi connectivity index (χ1n) is 5.04. The van der Waals surface area contributed by atoms with E-state index in [-0.39, 0.29) is 0 Å². The SMILES string of the molecule is C=C=C.CC(=CC=Cc1ccccc1)C(=O)O. The van der Waals surface area contributed by atoms with Crippen LogP contribution in [0.4, 0.5) is 0 Å². The third-order valence-electron chi connectivity index (χ3n) is 1.77. The van der Waals surface area contributed by atoms with E-state index in [2.05, 4.69) is 18.9 Å². The fourth-order valence-electron chi connectivity index (χ4n) is 0.939. The number of hydrogen-bond donors (Lipinski definition) is 1. The molecule has 0 heterocycles. The Morgan fingerprint density at radius 3 is 2.29 bits per heavy atom. The summed E-state index contributed by atoms with van der Waals surface area (Å²) in [5.74, 6) is -0.886. The molecule has 88 valence electrons. The van der Waals surface area contributed by atoms with Crippen LogP contribution in [0, 0.1) is 0 Å². The molecule has 2 heteroatoms. The Bertz CT molecular complexity index is 433. The minimum atomic E-state index is -0.886. The summed E-state index contributed by atoms with van der Waals surface area (Å²) in [6.07, 6.45) is 5.18. The van der Waals surface area contributed by atoms with Crippen LogP contribution >= 0.6 is 0 Å². The van der Waals surface area contributed by atoms with E-state index in [1.165, 1.54) is 0 Å². The Hall–Kier alpha value is -2.31. The molecule has 1 aromatic carbocycles. The molecule has 0 aliphatic carbocycles. The molecular formula is C15H16O2. The highest BCUT2D eigenvalue weighted by Gasteiger charge is 1.95. The molecule has 0 saturated carbocycles. The minimum absolute atomic E-state index is 0.331. The summed E-state index contributed by atoms with van der Waals surface area (Å²) in [5, 5.41) is 8.58. The van der Waals surface area contributed by atoms with Gasteiger partial charge in [-0.2, -0.15) is 0 Å². The van der Waals surface area contributed by atoms with Crippen LogP contribution in [0.15, 0.2) is 66.9 Å². The fraction of sp³-hybridized carbons (Fsp3) is 0.0667. The van der Waals surface area contributed by atoms with Crippen LogP contribution in [0.5, 0.6) is 0 Å². The quantitative estimate of drug-likeness (QED) is 0.486. The van der Waals surface area contributed by atoms with Crippen LogP contribution in [-0.2, 0) is 4.79 Å². The first kappa shape index (κ1) is 14.7. The lowest BCUT2D eigenvalue weighted by Crippen LogP contribution is -1.94. The van der Waals surface area contributed by atoms with Crippen molar-refractivity contribution >= 4 is 12.0 Å². The third kappa shape index (κ3) is 7.60. The van der Waals surface area contributed by atoms with Crippen LogP contribution in [-0.4, -0.2) is 11.1 Å². The summed E-state index contributed by atoms with van der Waals surface area (Å²) in [5.41, 5.74) is 3.64. The largest absolute Gasteiger partial charge is 0.478 e. The monoisotopic (exact) mass is 228 g/mol.